The van der Waals surface area contributed by atoms with Gasteiger partial charge in [0.1, 0.15) is 17.3 Å². The average Bonchev–Trinajstić information content (AvgIpc) is 3.69. The van der Waals surface area contributed by atoms with E-state index in [1.807, 2.05) is 173 Å². The van der Waals surface area contributed by atoms with Crippen molar-refractivity contribution in [3.63, 3.8) is 0 Å². The van der Waals surface area contributed by atoms with Crippen LogP contribution in [0.2, 0.25) is 0 Å². The molecule has 1 saturated carbocycles. The van der Waals surface area contributed by atoms with Gasteiger partial charge in [-0.15, -0.1) is 0 Å². The van der Waals surface area contributed by atoms with Crippen LogP contribution in [0.3, 0.4) is 0 Å². The van der Waals surface area contributed by atoms with E-state index >= 15 is 0 Å². The van der Waals surface area contributed by atoms with Crippen LogP contribution in [0.4, 0.5) is 0 Å². The summed E-state index contributed by atoms with van der Waals surface area (Å²) in [5.41, 5.74) is 30.7. The van der Waals surface area contributed by atoms with Gasteiger partial charge in [-0.3, -0.25) is 33.6 Å². The van der Waals surface area contributed by atoms with Gasteiger partial charge in [0, 0.05) is 62.7 Å². The maximum Gasteiger partial charge on any atom is 0.155 e. The summed E-state index contributed by atoms with van der Waals surface area (Å²) in [6.45, 7) is 50.2. The van der Waals surface area contributed by atoms with Crippen molar-refractivity contribution in [1.82, 2.24) is 0 Å². The first-order chi connectivity index (χ1) is 29.8. The molecule has 13 heteroatoms. The lowest BCUT2D eigenvalue weighted by molar-refractivity contribution is -0.130. The molecule has 0 radical (unpaired) electrons. The zero-order chi connectivity index (χ0) is 56.4. The van der Waals surface area contributed by atoms with Crippen LogP contribution in [0.1, 0.15) is 284 Å². The van der Waals surface area contributed by atoms with E-state index in [0.29, 0.717) is 31.1 Å². The third-order valence-corrected chi connectivity index (χ3v) is 10.5. The zero-order valence-corrected chi connectivity index (χ0v) is 49.1. The van der Waals surface area contributed by atoms with Gasteiger partial charge in [-0.25, -0.2) is 0 Å². The van der Waals surface area contributed by atoms with Crippen molar-refractivity contribution in [2.45, 2.75) is 309 Å². The van der Waals surface area contributed by atoms with E-state index in [4.69, 9.17) is 34.4 Å². The second-order valence-corrected chi connectivity index (χ2v) is 26.0. The van der Waals surface area contributed by atoms with Crippen molar-refractivity contribution < 1.29 is 33.6 Å². The van der Waals surface area contributed by atoms with Crippen molar-refractivity contribution in [2.24, 2.45) is 84.1 Å². The molecule has 1 aliphatic rings. The van der Waals surface area contributed by atoms with Crippen LogP contribution in [-0.4, -0.2) is 77.7 Å². The largest absolute Gasteiger partial charge is 0.330 e. The fraction of sp³-hybridized carbons (Fsp3) is 0.889. The van der Waals surface area contributed by atoms with Crippen LogP contribution in [0, 0.1) is 49.7 Å². The highest BCUT2D eigenvalue weighted by molar-refractivity contribution is 5.90. The van der Waals surface area contributed by atoms with Crippen molar-refractivity contribution >= 4 is 40.5 Å². The Morgan fingerprint density at radius 2 is 0.737 bits per heavy atom. The molecular weight excluding hydrogens is 953 g/mol. The first-order valence-electron chi connectivity index (χ1n) is 25.0. The Morgan fingerprint density at radius 3 is 0.842 bits per heavy atom. The van der Waals surface area contributed by atoms with Gasteiger partial charge in [0.25, 0.3) is 0 Å². The lowest BCUT2D eigenvalue weighted by atomic mass is 9.82. The fourth-order valence-electron chi connectivity index (χ4n) is 5.44. The summed E-state index contributed by atoms with van der Waals surface area (Å²) in [6.07, 6.45) is 6.51. The topological polar surface area (TPSA) is 276 Å². The highest BCUT2D eigenvalue weighted by Gasteiger charge is 2.32. The van der Waals surface area contributed by atoms with E-state index in [1.54, 1.807) is 6.92 Å². The zero-order valence-electron chi connectivity index (χ0n) is 49.1. The molecule has 0 aromatic heterocycles. The molecular formula is C63H146N6O7. The van der Waals surface area contributed by atoms with Gasteiger partial charge < -0.3 is 34.4 Å². The molecule has 0 amide bonds. The van der Waals surface area contributed by atoms with Crippen LogP contribution in [-0.2, 0) is 33.6 Å². The van der Waals surface area contributed by atoms with Gasteiger partial charge in [0.05, 0.1) is 24.7 Å². The van der Waals surface area contributed by atoms with Gasteiger partial charge in [-0.1, -0.05) is 238 Å². The number of carbonyl (C=O) groups excluding carboxylic acids is 7. The van der Waals surface area contributed by atoms with Crippen LogP contribution in [0.15, 0.2) is 0 Å². The van der Waals surface area contributed by atoms with Crippen molar-refractivity contribution in [2.75, 3.05) is 13.1 Å². The molecule has 0 aliphatic heterocycles. The van der Waals surface area contributed by atoms with E-state index in [0.717, 1.165) is 19.3 Å². The standard InChI is InChI=1S/C10H18O.C9H19NO.2C8H17NO.2C7H15NO.C6H13NO.8CH4/c1-10(2,3)9(11)8-6-4-5-7-8;1-6(2)7(10)8(11)9(3,4)5;1-6(9)5-7(10)8(2,3)4;1-5-6(9)7(10)8(2,3)4;1-7(2,3)6(9)4-5-8;1-5(8)6(9)7(2,3)4;1-6(2,3)5(8)4-7;;;;;;;;/h8H,4-7H2,1-3H3;6-7H,10H2,1-5H3;2*6H,5,9H2,1-4H3;4-5,8H2,1-3H3;5H,8H2,1-4H3;4,7H2,1-3H3;8*1H4. The first kappa shape index (κ1) is 109. The Kier molecular flexibility index (Phi) is 69.4. The van der Waals surface area contributed by atoms with Crippen LogP contribution < -0.4 is 34.4 Å². The highest BCUT2D eigenvalue weighted by atomic mass is 16.2. The second kappa shape index (κ2) is 48.4. The Hall–Kier alpha value is -2.55. The van der Waals surface area contributed by atoms with E-state index < -0.39 is 0 Å². The van der Waals surface area contributed by atoms with Crippen molar-refractivity contribution in [1.29, 1.82) is 0 Å². The lowest BCUT2D eigenvalue weighted by Gasteiger charge is -2.23. The summed E-state index contributed by atoms with van der Waals surface area (Å²) in [7, 11) is 0. The molecule has 470 valence electrons. The Bertz CT molecular complexity index is 1440. The smallest absolute Gasteiger partial charge is 0.155 e. The molecule has 13 nitrogen and oxygen atoms in total. The van der Waals surface area contributed by atoms with Gasteiger partial charge >= 0.3 is 0 Å². The van der Waals surface area contributed by atoms with Gasteiger partial charge in [-0.05, 0) is 45.6 Å². The molecule has 4 unspecified atom stereocenters. The number of ketones is 7. The highest BCUT2D eigenvalue weighted by Crippen LogP contribution is 2.32. The van der Waals surface area contributed by atoms with Crippen LogP contribution in [0.25, 0.3) is 0 Å². The maximum absolute atomic E-state index is 11.7. The molecule has 1 aliphatic carbocycles. The summed E-state index contributed by atoms with van der Waals surface area (Å²) >= 11 is 0. The second-order valence-electron chi connectivity index (χ2n) is 26.0. The Labute approximate surface area is 478 Å². The molecule has 0 heterocycles. The summed E-state index contributed by atoms with van der Waals surface area (Å²) in [5.74, 6) is 2.08. The van der Waals surface area contributed by atoms with E-state index in [2.05, 4.69) is 0 Å². The Balaban J connectivity index is -0.0000000484. The number of hydrogen-bond donors (Lipinski definition) is 6. The summed E-state index contributed by atoms with van der Waals surface area (Å²) < 4.78 is 0. The predicted molar refractivity (Wildman–Crippen MR) is 343 cm³/mol. The predicted octanol–water partition coefficient (Wildman–Crippen LogP) is 14.6. The number of carbonyl (C=O) groups is 7. The van der Waals surface area contributed by atoms with Gasteiger partial charge in [0.2, 0.25) is 0 Å². The molecule has 1 rings (SSSR count). The third-order valence-electron chi connectivity index (χ3n) is 10.5. The van der Waals surface area contributed by atoms with E-state index in [9.17, 15) is 33.6 Å². The molecule has 1 fully saturated rings. The number of nitrogens with two attached hydrogens (primary N) is 6. The summed E-state index contributed by atoms with van der Waals surface area (Å²) in [4.78, 5) is 78.3. The van der Waals surface area contributed by atoms with E-state index in [-0.39, 0.29) is 169 Å². The minimum Gasteiger partial charge on any atom is -0.330 e. The molecule has 0 saturated heterocycles. The van der Waals surface area contributed by atoms with Crippen LogP contribution in [0.5, 0.6) is 0 Å². The quantitative estimate of drug-likeness (QED) is 0.112. The molecule has 0 aromatic carbocycles. The normalized spacial score (nSPS) is 13.5. The van der Waals surface area contributed by atoms with Gasteiger partial charge in [-0.2, -0.15) is 0 Å². The molecule has 0 aromatic rings. The molecule has 0 bridgehead atoms. The van der Waals surface area contributed by atoms with Crippen molar-refractivity contribution in [3.05, 3.63) is 0 Å². The lowest BCUT2D eigenvalue weighted by Crippen LogP contribution is -2.42. The summed E-state index contributed by atoms with van der Waals surface area (Å²) in [5, 5.41) is 0. The van der Waals surface area contributed by atoms with Crippen LogP contribution >= 0.6 is 0 Å². The molecule has 76 heavy (non-hydrogen) atoms. The number of rotatable bonds is 11. The maximum atomic E-state index is 11.7. The first-order valence-corrected chi connectivity index (χ1v) is 25.0. The van der Waals surface area contributed by atoms with Crippen molar-refractivity contribution in [3.8, 4) is 0 Å². The van der Waals surface area contributed by atoms with Gasteiger partial charge in [0.15, 0.2) is 23.1 Å². The third kappa shape index (κ3) is 59.1. The molecule has 12 N–H and O–H groups in total. The fourth-order valence-corrected chi connectivity index (χ4v) is 5.44. The SMILES string of the molecule is C.C.C.C.C.C.C.C.CC(C)(C)C(=O)C1CCCC1.CC(C)(C)C(=O)CCN.CC(C)(C)C(=O)CN.CC(C)C(N)C(=O)C(C)(C)C.CC(N)C(=O)C(C)(C)C.CC(N)CC(=O)C(C)(C)C.CCC(N)C(=O)C(C)(C)C. The molecule has 4 atom stereocenters. The number of Topliss-reactive ketones (excluding diaryl/α,β-unsaturated/α-hetero) is 7. The molecule has 0 spiro atoms. The number of hydrogen-bond acceptors (Lipinski definition) is 13. The van der Waals surface area contributed by atoms with E-state index in [1.165, 1.54) is 12.8 Å². The minimum absolute atomic E-state index is 0. The Morgan fingerprint density at radius 1 is 0.434 bits per heavy atom. The summed E-state index contributed by atoms with van der Waals surface area (Å²) in [6, 6.07) is -0.924. The average molecular weight is 1100 g/mol. The monoisotopic (exact) mass is 1100 g/mol. The minimum atomic E-state index is -0.329.